The van der Waals surface area contributed by atoms with Gasteiger partial charge in [0.15, 0.2) is 0 Å². The Hall–Kier alpha value is -3.47. The molecule has 1 atom stereocenters. The third-order valence-electron chi connectivity index (χ3n) is 7.34. The Morgan fingerprint density at radius 1 is 0.919 bits per heavy atom. The van der Waals surface area contributed by atoms with Gasteiger partial charge in [0.25, 0.3) is 0 Å². The van der Waals surface area contributed by atoms with Crippen molar-refractivity contribution < 1.29 is 14.0 Å². The molecule has 2 amide bonds. The molecule has 3 aromatic carbocycles. The summed E-state index contributed by atoms with van der Waals surface area (Å²) >= 11 is 0. The van der Waals surface area contributed by atoms with Crippen molar-refractivity contribution in [3.8, 4) is 0 Å². The van der Waals surface area contributed by atoms with E-state index in [0.717, 1.165) is 53.5 Å². The van der Waals surface area contributed by atoms with E-state index in [2.05, 4.69) is 5.32 Å². The number of hydrogen-bond acceptors (Lipinski definition) is 2. The molecule has 0 heterocycles. The second-order valence-corrected chi connectivity index (χ2v) is 10.3. The Balaban J connectivity index is 1.67. The van der Waals surface area contributed by atoms with Gasteiger partial charge in [-0.05, 0) is 61.1 Å². The van der Waals surface area contributed by atoms with Crippen LogP contribution >= 0.6 is 0 Å². The van der Waals surface area contributed by atoms with E-state index in [1.807, 2.05) is 62.4 Å². The minimum Gasteiger partial charge on any atom is -0.352 e. The van der Waals surface area contributed by atoms with Gasteiger partial charge >= 0.3 is 0 Å². The molecule has 194 valence electrons. The van der Waals surface area contributed by atoms with Gasteiger partial charge in [0.2, 0.25) is 11.8 Å². The van der Waals surface area contributed by atoms with Gasteiger partial charge in [-0.15, -0.1) is 0 Å². The van der Waals surface area contributed by atoms with E-state index in [0.29, 0.717) is 6.42 Å². The summed E-state index contributed by atoms with van der Waals surface area (Å²) in [5.41, 5.74) is 4.88. The Bertz CT molecular complexity index is 1190. The lowest BCUT2D eigenvalue weighted by Crippen LogP contribution is -2.53. The minimum absolute atomic E-state index is 0.113. The zero-order chi connectivity index (χ0) is 26.2. The highest BCUT2D eigenvalue weighted by atomic mass is 19.1. The summed E-state index contributed by atoms with van der Waals surface area (Å²) < 4.78 is 13.6. The molecule has 1 aliphatic carbocycles. The van der Waals surface area contributed by atoms with E-state index >= 15 is 0 Å². The van der Waals surface area contributed by atoms with Gasteiger partial charge < -0.3 is 10.2 Å². The minimum atomic E-state index is -0.674. The van der Waals surface area contributed by atoms with Crippen LogP contribution in [-0.2, 0) is 29.0 Å². The number of aryl methyl sites for hydroxylation is 2. The standard InChI is InChI=1S/C32H37FN2O2/c1-23-13-14-24(2)27(19-23)21-31(36)35(22-26-15-17-28(33)18-16-26)30(20-25-9-5-3-6-10-25)32(37)34-29-11-7-4-8-12-29/h3,5-6,9-10,13-19,29-30H,4,7-8,11-12,20-22H2,1-2H3,(H,34,37)/t30-/m0/s1. The van der Waals surface area contributed by atoms with Crippen molar-refractivity contribution in [1.82, 2.24) is 10.2 Å². The number of nitrogens with zero attached hydrogens (tertiary/aromatic N) is 1. The first-order chi connectivity index (χ1) is 17.9. The first kappa shape index (κ1) is 26.6. The van der Waals surface area contributed by atoms with Gasteiger partial charge in [-0.1, -0.05) is 85.5 Å². The summed E-state index contributed by atoms with van der Waals surface area (Å²) in [5.74, 6) is -0.558. The summed E-state index contributed by atoms with van der Waals surface area (Å²) in [5, 5.41) is 3.26. The van der Waals surface area contributed by atoms with Crippen LogP contribution < -0.4 is 5.32 Å². The van der Waals surface area contributed by atoms with Crippen molar-refractivity contribution in [2.24, 2.45) is 0 Å². The zero-order valence-electron chi connectivity index (χ0n) is 21.9. The third kappa shape index (κ3) is 7.51. The molecule has 4 nitrogen and oxygen atoms in total. The summed E-state index contributed by atoms with van der Waals surface area (Å²) in [6, 6.07) is 21.6. The molecule has 0 aromatic heterocycles. The predicted octanol–water partition coefficient (Wildman–Crippen LogP) is 6.07. The second kappa shape index (κ2) is 12.7. The van der Waals surface area contributed by atoms with Crippen molar-refractivity contribution in [2.75, 3.05) is 0 Å². The van der Waals surface area contributed by atoms with Crippen LogP contribution in [0, 0.1) is 19.7 Å². The van der Waals surface area contributed by atoms with E-state index in [1.54, 1.807) is 17.0 Å². The molecule has 0 radical (unpaired) electrons. The van der Waals surface area contributed by atoms with Crippen LogP contribution in [0.4, 0.5) is 4.39 Å². The van der Waals surface area contributed by atoms with E-state index in [-0.39, 0.29) is 36.6 Å². The van der Waals surface area contributed by atoms with Crippen LogP contribution in [0.25, 0.3) is 0 Å². The Labute approximate surface area is 219 Å². The molecule has 0 bridgehead atoms. The van der Waals surface area contributed by atoms with Crippen LogP contribution in [0.1, 0.15) is 59.9 Å². The molecule has 4 rings (SSSR count). The van der Waals surface area contributed by atoms with Gasteiger partial charge in [0.05, 0.1) is 6.42 Å². The summed E-state index contributed by atoms with van der Waals surface area (Å²) in [7, 11) is 0. The Morgan fingerprint density at radius 2 is 1.62 bits per heavy atom. The van der Waals surface area contributed by atoms with Gasteiger partial charge in [0, 0.05) is 19.0 Å². The number of benzene rings is 3. The largest absolute Gasteiger partial charge is 0.352 e. The van der Waals surface area contributed by atoms with Crippen LogP contribution in [0.3, 0.4) is 0 Å². The average Bonchev–Trinajstić information content (AvgIpc) is 2.90. The molecule has 5 heteroatoms. The lowest BCUT2D eigenvalue weighted by molar-refractivity contribution is -0.141. The van der Waals surface area contributed by atoms with Crippen LogP contribution in [0.5, 0.6) is 0 Å². The van der Waals surface area contributed by atoms with Gasteiger partial charge in [0.1, 0.15) is 11.9 Å². The fourth-order valence-corrected chi connectivity index (χ4v) is 5.14. The molecule has 0 spiro atoms. The smallest absolute Gasteiger partial charge is 0.243 e. The van der Waals surface area contributed by atoms with Gasteiger partial charge in [-0.3, -0.25) is 9.59 Å². The summed E-state index contributed by atoms with van der Waals surface area (Å²) in [6.07, 6.45) is 5.98. The maximum Gasteiger partial charge on any atom is 0.243 e. The highest BCUT2D eigenvalue weighted by Gasteiger charge is 2.32. The normalized spacial score (nSPS) is 14.7. The number of amides is 2. The van der Waals surface area contributed by atoms with E-state index in [1.165, 1.54) is 18.6 Å². The summed E-state index contributed by atoms with van der Waals surface area (Å²) in [6.45, 7) is 4.25. The molecule has 1 aliphatic rings. The lowest BCUT2D eigenvalue weighted by Gasteiger charge is -2.33. The SMILES string of the molecule is Cc1ccc(C)c(CC(=O)N(Cc2ccc(F)cc2)[C@@H](Cc2ccccc2)C(=O)NC2CCCCC2)c1. The van der Waals surface area contributed by atoms with Gasteiger partial charge in [-0.25, -0.2) is 4.39 Å². The molecule has 1 N–H and O–H groups in total. The third-order valence-corrected chi connectivity index (χ3v) is 7.34. The predicted molar refractivity (Wildman–Crippen MR) is 146 cm³/mol. The van der Waals surface area contributed by atoms with Crippen LogP contribution in [0.15, 0.2) is 72.8 Å². The molecule has 0 unspecified atom stereocenters. The Kier molecular flexibility index (Phi) is 9.10. The number of halogens is 1. The molecular formula is C32H37FN2O2. The van der Waals surface area contributed by atoms with Gasteiger partial charge in [-0.2, -0.15) is 0 Å². The zero-order valence-corrected chi connectivity index (χ0v) is 21.9. The maximum atomic E-state index is 13.9. The molecule has 3 aromatic rings. The van der Waals surface area contributed by atoms with Crippen LogP contribution in [0.2, 0.25) is 0 Å². The summed E-state index contributed by atoms with van der Waals surface area (Å²) in [4.78, 5) is 29.5. The van der Waals surface area contributed by atoms with E-state index in [9.17, 15) is 14.0 Å². The number of carbonyl (C=O) groups excluding carboxylic acids is 2. The monoisotopic (exact) mass is 500 g/mol. The maximum absolute atomic E-state index is 13.9. The quantitative estimate of drug-likeness (QED) is 0.387. The topological polar surface area (TPSA) is 49.4 Å². The van der Waals surface area contributed by atoms with Crippen molar-refractivity contribution in [3.63, 3.8) is 0 Å². The Morgan fingerprint density at radius 3 is 2.32 bits per heavy atom. The molecular weight excluding hydrogens is 463 g/mol. The number of hydrogen-bond donors (Lipinski definition) is 1. The first-order valence-electron chi connectivity index (χ1n) is 13.3. The highest BCUT2D eigenvalue weighted by molar-refractivity contribution is 5.89. The van der Waals surface area contributed by atoms with Crippen LogP contribution in [-0.4, -0.2) is 28.8 Å². The van der Waals surface area contributed by atoms with E-state index < -0.39 is 6.04 Å². The molecule has 0 aliphatic heterocycles. The van der Waals surface area contributed by atoms with Crippen molar-refractivity contribution in [1.29, 1.82) is 0 Å². The lowest BCUT2D eigenvalue weighted by atomic mass is 9.94. The van der Waals surface area contributed by atoms with Crippen molar-refractivity contribution in [2.45, 2.75) is 77.4 Å². The number of carbonyl (C=O) groups is 2. The molecule has 1 fully saturated rings. The molecule has 0 saturated heterocycles. The van der Waals surface area contributed by atoms with E-state index in [4.69, 9.17) is 0 Å². The first-order valence-corrected chi connectivity index (χ1v) is 13.3. The molecule has 37 heavy (non-hydrogen) atoms. The fraction of sp³-hybridized carbons (Fsp3) is 0.375. The highest BCUT2D eigenvalue weighted by Crippen LogP contribution is 2.21. The molecule has 1 saturated carbocycles. The van der Waals surface area contributed by atoms with Crippen molar-refractivity contribution in [3.05, 3.63) is 106 Å². The average molecular weight is 501 g/mol. The van der Waals surface area contributed by atoms with Crippen molar-refractivity contribution >= 4 is 11.8 Å². The number of nitrogens with one attached hydrogen (secondary N) is 1. The second-order valence-electron chi connectivity index (χ2n) is 10.3. The fourth-order valence-electron chi connectivity index (χ4n) is 5.14. The number of rotatable bonds is 9.